The molecule has 1 saturated heterocycles. The van der Waals surface area contributed by atoms with Gasteiger partial charge in [-0.15, -0.1) is 0 Å². The van der Waals surface area contributed by atoms with Crippen molar-refractivity contribution in [3.8, 4) is 0 Å². The molecule has 7 heteroatoms. The second-order valence-electron chi connectivity index (χ2n) is 21.8. The fourth-order valence-corrected chi connectivity index (χ4v) is 13.6. The molecule has 7 nitrogen and oxygen atoms in total. The van der Waals surface area contributed by atoms with Gasteiger partial charge in [-0.1, -0.05) is 97.1 Å². The molecular weight excluding hydrogens is 865 g/mol. The van der Waals surface area contributed by atoms with Crippen LogP contribution in [0.3, 0.4) is 0 Å². The molecule has 3 fully saturated rings. The smallest absolute Gasteiger partial charge is 0.167 e. The summed E-state index contributed by atoms with van der Waals surface area (Å²) in [5.41, 5.74) is 13.3. The van der Waals surface area contributed by atoms with Crippen molar-refractivity contribution in [1.29, 1.82) is 0 Å². The Balaban J connectivity index is 0.000000162. The largest absolute Gasteiger partial charge is 0.387 e. The van der Waals surface area contributed by atoms with Gasteiger partial charge in [0.25, 0.3) is 0 Å². The van der Waals surface area contributed by atoms with E-state index in [0.717, 1.165) is 104 Å². The van der Waals surface area contributed by atoms with Crippen LogP contribution in [-0.4, -0.2) is 58.2 Å². The first-order valence-electron chi connectivity index (χ1n) is 26.1. The number of fused-ring (bicyclic) bond motifs is 6. The average molecular weight is 935 g/mol. The number of carbonyl (C=O) groups is 2. The molecule has 6 aromatic rings. The van der Waals surface area contributed by atoms with E-state index >= 15 is 0 Å². The summed E-state index contributed by atoms with van der Waals surface area (Å²) in [5.74, 6) is 1.33. The van der Waals surface area contributed by atoms with Crippen LogP contribution in [0.25, 0.3) is 0 Å². The van der Waals surface area contributed by atoms with Gasteiger partial charge in [-0.25, -0.2) is 0 Å². The summed E-state index contributed by atoms with van der Waals surface area (Å²) in [6.07, 6.45) is 18.9. The van der Waals surface area contributed by atoms with Gasteiger partial charge in [0.15, 0.2) is 11.6 Å². The molecule has 5 aliphatic rings. The van der Waals surface area contributed by atoms with Crippen molar-refractivity contribution in [2.24, 2.45) is 11.8 Å². The topological polar surface area (TPSA) is 102 Å². The lowest BCUT2D eigenvalue weighted by atomic mass is 9.56. The number of pyridine rings is 2. The van der Waals surface area contributed by atoms with Gasteiger partial charge in [0, 0.05) is 65.7 Å². The van der Waals surface area contributed by atoms with Gasteiger partial charge in [-0.2, -0.15) is 0 Å². The number of epoxide rings is 1. The molecule has 2 saturated carbocycles. The molecule has 6 atom stereocenters. The SMILES string of the molecule is COC[C@@]1(O)CC[C@@]2(Cc3ccccc3)c3ccc(C(=O)Cc4cccnc4C)cc3CCC[C@H]2C1.Cc1ncccc1CC(=O)c1ccc2c(c1)CCC[C@H]1C[C@]3(CC[C@@]21Cc1ccccc1)CO3. The molecule has 3 heterocycles. The molecule has 1 spiro atoms. The van der Waals surface area contributed by atoms with Crippen molar-refractivity contribution >= 4 is 11.6 Å². The second kappa shape index (κ2) is 20.3. The van der Waals surface area contributed by atoms with Gasteiger partial charge < -0.3 is 14.6 Å². The lowest BCUT2D eigenvalue weighted by Crippen LogP contribution is -2.50. The quantitative estimate of drug-likeness (QED) is 0.0963. The predicted octanol–water partition coefficient (Wildman–Crippen LogP) is 12.0. The van der Waals surface area contributed by atoms with E-state index in [-0.39, 0.29) is 28.0 Å². The number of nitrogens with zero attached hydrogens (tertiary/aromatic N) is 2. The Hall–Kier alpha value is -5.60. The van der Waals surface area contributed by atoms with Crippen molar-refractivity contribution in [2.45, 2.75) is 139 Å². The zero-order valence-electron chi connectivity index (χ0n) is 41.6. The molecule has 4 aromatic carbocycles. The van der Waals surface area contributed by atoms with Crippen molar-refractivity contribution in [2.75, 3.05) is 20.3 Å². The lowest BCUT2D eigenvalue weighted by Gasteiger charge is -2.50. The number of hydrogen-bond donors (Lipinski definition) is 1. The highest BCUT2D eigenvalue weighted by Crippen LogP contribution is 2.58. The first-order chi connectivity index (χ1) is 34.0. The summed E-state index contributed by atoms with van der Waals surface area (Å²) in [6, 6.07) is 42.6. The summed E-state index contributed by atoms with van der Waals surface area (Å²) in [7, 11) is 1.68. The minimum absolute atomic E-state index is 0.0470. The third kappa shape index (κ3) is 10.00. The molecule has 1 aliphatic heterocycles. The molecule has 4 aliphatic carbocycles. The highest BCUT2D eigenvalue weighted by Gasteiger charge is 2.57. The minimum atomic E-state index is -0.762. The first-order valence-corrected chi connectivity index (χ1v) is 26.1. The number of aliphatic hydroxyl groups is 1. The zero-order valence-corrected chi connectivity index (χ0v) is 41.6. The number of methoxy groups -OCH3 is 1. The van der Waals surface area contributed by atoms with Crippen molar-refractivity contribution in [1.82, 2.24) is 9.97 Å². The van der Waals surface area contributed by atoms with Crippen LogP contribution >= 0.6 is 0 Å². The number of rotatable bonds is 12. The van der Waals surface area contributed by atoms with Crippen LogP contribution in [0, 0.1) is 25.7 Å². The molecule has 0 amide bonds. The van der Waals surface area contributed by atoms with Crippen molar-refractivity contribution < 1.29 is 24.2 Å². The van der Waals surface area contributed by atoms with Crippen molar-refractivity contribution in [3.05, 3.63) is 201 Å². The molecule has 0 unspecified atom stereocenters. The molecular formula is C63H70N2O5. The minimum Gasteiger partial charge on any atom is -0.387 e. The van der Waals surface area contributed by atoms with Crippen LogP contribution in [-0.2, 0) is 58.8 Å². The van der Waals surface area contributed by atoms with Crippen LogP contribution in [0.5, 0.6) is 0 Å². The standard InChI is InChI=1S/C32H37NO3.C31H33NO2/c1-23-25(11-7-17-33-23)19-30(34)27-13-14-29-26(18-27)10-6-12-28-21-31(35,22-36-2)15-16-32(28,29)20-24-8-4-3-5-9-24;1-22-24(10-6-16-32-22)18-29(33)26-12-13-28-25(17-26)9-5-11-27-20-30(21-34-30)14-15-31(27,28)19-23-7-3-2-4-8-23/h3-5,7-9,11,13-14,17-18,28,35H,6,10,12,15-16,19-22H2,1-2H3;2-4,6-8,10,12-13,16-17,27H,5,9,11,14-15,18-21H2,1H3/t28-,31+,32-;27-,30+,31-/m00/s1. The van der Waals surface area contributed by atoms with E-state index in [2.05, 4.69) is 101 Å². The summed E-state index contributed by atoms with van der Waals surface area (Å²) >= 11 is 0. The highest BCUT2D eigenvalue weighted by molar-refractivity contribution is 5.98. The van der Waals surface area contributed by atoms with E-state index in [9.17, 15) is 14.7 Å². The predicted molar refractivity (Wildman–Crippen MR) is 277 cm³/mol. The molecule has 0 radical (unpaired) electrons. The Morgan fingerprint density at radius 3 is 1.59 bits per heavy atom. The number of aryl methyl sites for hydroxylation is 4. The summed E-state index contributed by atoms with van der Waals surface area (Å²) in [4.78, 5) is 35.2. The van der Waals surface area contributed by atoms with Crippen LogP contribution < -0.4 is 0 Å². The summed E-state index contributed by atoms with van der Waals surface area (Å²) in [6.45, 7) is 5.27. The zero-order chi connectivity index (χ0) is 48.4. The third-order valence-electron chi connectivity index (χ3n) is 17.4. The van der Waals surface area contributed by atoms with Gasteiger partial charge in [-0.05, 0) is 184 Å². The Kier molecular flexibility index (Phi) is 13.9. The Bertz CT molecular complexity index is 2820. The Labute approximate surface area is 415 Å². The molecule has 362 valence electrons. The lowest BCUT2D eigenvalue weighted by molar-refractivity contribution is -0.0898. The second-order valence-corrected chi connectivity index (χ2v) is 21.8. The number of ether oxygens (including phenoxy) is 2. The summed E-state index contributed by atoms with van der Waals surface area (Å²) in [5, 5.41) is 11.3. The fourth-order valence-electron chi connectivity index (χ4n) is 13.6. The van der Waals surface area contributed by atoms with Gasteiger partial charge >= 0.3 is 0 Å². The Morgan fingerprint density at radius 1 is 0.629 bits per heavy atom. The normalized spacial score (nSPS) is 26.5. The fraction of sp³-hybridized carbons (Fsp3) is 0.429. The number of hydrogen-bond acceptors (Lipinski definition) is 7. The highest BCUT2D eigenvalue weighted by atomic mass is 16.6. The van der Waals surface area contributed by atoms with E-state index in [0.29, 0.717) is 31.3 Å². The molecule has 0 bridgehead atoms. The van der Waals surface area contributed by atoms with Gasteiger partial charge in [0.05, 0.1) is 24.4 Å². The van der Waals surface area contributed by atoms with Crippen LogP contribution in [0.2, 0.25) is 0 Å². The number of aromatic nitrogens is 2. The van der Waals surface area contributed by atoms with Gasteiger partial charge in [-0.3, -0.25) is 19.6 Å². The Morgan fingerprint density at radius 2 is 1.11 bits per heavy atom. The van der Waals surface area contributed by atoms with Crippen LogP contribution in [0.1, 0.15) is 141 Å². The van der Waals surface area contributed by atoms with E-state index in [1.807, 2.05) is 44.2 Å². The monoisotopic (exact) mass is 935 g/mol. The van der Waals surface area contributed by atoms with Gasteiger partial charge in [0.2, 0.25) is 0 Å². The van der Waals surface area contributed by atoms with Crippen LogP contribution in [0.15, 0.2) is 134 Å². The third-order valence-corrected chi connectivity index (χ3v) is 17.4. The van der Waals surface area contributed by atoms with E-state index in [1.54, 1.807) is 19.5 Å². The maximum atomic E-state index is 13.3. The number of carbonyl (C=O) groups excluding carboxylic acids is 2. The first kappa shape index (κ1) is 48.0. The van der Waals surface area contributed by atoms with Crippen molar-refractivity contribution in [3.63, 3.8) is 0 Å². The van der Waals surface area contributed by atoms with Gasteiger partial charge in [0.1, 0.15) is 0 Å². The van der Waals surface area contributed by atoms with Crippen LogP contribution in [0.4, 0.5) is 0 Å². The molecule has 1 N–H and O–H groups in total. The maximum absolute atomic E-state index is 13.3. The number of benzene rings is 4. The van der Waals surface area contributed by atoms with E-state index in [1.165, 1.54) is 59.1 Å². The molecule has 2 aromatic heterocycles. The number of ketones is 2. The summed E-state index contributed by atoms with van der Waals surface area (Å²) < 4.78 is 11.4. The number of Topliss-reactive ketones (excluding diaryl/α,β-unsaturated/α-hetero) is 2. The van der Waals surface area contributed by atoms with E-state index in [4.69, 9.17) is 9.47 Å². The molecule has 11 rings (SSSR count). The molecule has 70 heavy (non-hydrogen) atoms. The maximum Gasteiger partial charge on any atom is 0.167 e. The average Bonchev–Trinajstić information content (AvgIpc) is 4.18. The van der Waals surface area contributed by atoms with E-state index < -0.39 is 5.60 Å².